The van der Waals surface area contributed by atoms with Gasteiger partial charge < -0.3 is 15.5 Å². The van der Waals surface area contributed by atoms with E-state index in [9.17, 15) is 14.4 Å². The fraction of sp³-hybridized carbons (Fsp3) is 0.286. The molecule has 3 rings (SSSR count). The second-order valence-corrected chi connectivity index (χ2v) is 7.52. The van der Waals surface area contributed by atoms with Gasteiger partial charge in [0.05, 0.1) is 17.8 Å². The van der Waals surface area contributed by atoms with E-state index in [4.69, 9.17) is 11.6 Å². The van der Waals surface area contributed by atoms with Crippen LogP contribution in [0, 0.1) is 0 Å². The lowest BCUT2D eigenvalue weighted by molar-refractivity contribution is -0.878. The van der Waals surface area contributed by atoms with Gasteiger partial charge in [-0.25, -0.2) is 9.69 Å². The topological polar surface area (TPSA) is 82.9 Å². The van der Waals surface area contributed by atoms with Crippen molar-refractivity contribution in [3.05, 3.63) is 65.2 Å². The number of imide groups is 1. The van der Waals surface area contributed by atoms with E-state index in [1.165, 1.54) is 4.90 Å². The number of likely N-dealkylation sites (N-methyl/N-ethyl adjacent to an activating group) is 1. The fourth-order valence-corrected chi connectivity index (χ4v) is 3.67. The summed E-state index contributed by atoms with van der Waals surface area (Å²) in [6.07, 6.45) is 0.435. The van der Waals surface area contributed by atoms with Gasteiger partial charge >= 0.3 is 6.03 Å². The molecule has 2 aromatic carbocycles. The summed E-state index contributed by atoms with van der Waals surface area (Å²) in [6, 6.07) is 15.7. The minimum Gasteiger partial charge on any atom is -0.320 e. The van der Waals surface area contributed by atoms with Gasteiger partial charge in [-0.15, -0.1) is 0 Å². The third-order valence-corrected chi connectivity index (χ3v) is 5.34. The fourth-order valence-electron chi connectivity index (χ4n) is 3.49. The molecule has 1 unspecified atom stereocenters. The third kappa shape index (κ3) is 4.26. The lowest BCUT2D eigenvalue weighted by atomic mass is 9.87. The molecule has 1 aliphatic rings. The van der Waals surface area contributed by atoms with Crippen LogP contribution in [0.5, 0.6) is 0 Å². The molecule has 2 aromatic rings. The predicted molar refractivity (Wildman–Crippen MR) is 110 cm³/mol. The highest BCUT2D eigenvalue weighted by Crippen LogP contribution is 2.31. The first-order valence-corrected chi connectivity index (χ1v) is 9.80. The van der Waals surface area contributed by atoms with Crippen LogP contribution in [0.1, 0.15) is 18.9 Å². The Bertz CT molecular complexity index is 921. The molecule has 29 heavy (non-hydrogen) atoms. The molecule has 0 aliphatic carbocycles. The third-order valence-electron chi connectivity index (χ3n) is 5.01. The summed E-state index contributed by atoms with van der Waals surface area (Å²) in [5.41, 5.74) is 0.201. The first kappa shape index (κ1) is 20.8. The number of para-hydroxylation sites is 1. The molecule has 1 aliphatic heterocycles. The van der Waals surface area contributed by atoms with E-state index in [0.717, 1.165) is 5.56 Å². The maximum absolute atomic E-state index is 13.1. The number of anilines is 1. The zero-order valence-electron chi connectivity index (χ0n) is 16.4. The number of nitrogens with zero attached hydrogens (tertiary/aromatic N) is 1. The summed E-state index contributed by atoms with van der Waals surface area (Å²) >= 11 is 6.06. The number of nitrogens with one attached hydrogen (secondary N) is 3. The molecule has 152 valence electrons. The molecule has 7 nitrogen and oxygen atoms in total. The molecule has 3 N–H and O–H groups in total. The second kappa shape index (κ2) is 8.63. The van der Waals surface area contributed by atoms with Gasteiger partial charge in [-0.3, -0.25) is 9.59 Å². The predicted octanol–water partition coefficient (Wildman–Crippen LogP) is 1.61. The van der Waals surface area contributed by atoms with E-state index in [0.29, 0.717) is 22.0 Å². The van der Waals surface area contributed by atoms with E-state index in [-0.39, 0.29) is 25.0 Å². The van der Waals surface area contributed by atoms with E-state index < -0.39 is 11.6 Å². The van der Waals surface area contributed by atoms with E-state index in [1.807, 2.05) is 37.3 Å². The molecule has 0 aromatic heterocycles. The Morgan fingerprint density at radius 1 is 1.14 bits per heavy atom. The molecule has 8 heteroatoms. The molecular weight excluding hydrogens is 392 g/mol. The molecule has 1 fully saturated rings. The minimum atomic E-state index is -1.07. The summed E-state index contributed by atoms with van der Waals surface area (Å²) in [4.78, 5) is 39.9. The number of rotatable bonds is 7. The van der Waals surface area contributed by atoms with Gasteiger partial charge in [0, 0.05) is 0 Å². The largest absolute Gasteiger partial charge is 0.329 e. The van der Waals surface area contributed by atoms with Crippen molar-refractivity contribution in [2.75, 3.05) is 25.6 Å². The van der Waals surface area contributed by atoms with Crippen molar-refractivity contribution >= 4 is 35.1 Å². The highest BCUT2D eigenvalue weighted by molar-refractivity contribution is 6.33. The molecule has 4 amide bonds. The first-order chi connectivity index (χ1) is 13.9. The van der Waals surface area contributed by atoms with Gasteiger partial charge in [0.2, 0.25) is 0 Å². The molecule has 0 saturated carbocycles. The molecule has 1 heterocycles. The lowest BCUT2D eigenvalue weighted by Gasteiger charge is -2.26. The second-order valence-electron chi connectivity index (χ2n) is 7.11. The number of hydrogen-bond acceptors (Lipinski definition) is 3. The highest BCUT2D eigenvalue weighted by atomic mass is 35.5. The maximum atomic E-state index is 13.1. The van der Waals surface area contributed by atoms with E-state index in [1.54, 1.807) is 31.3 Å². The van der Waals surface area contributed by atoms with Crippen molar-refractivity contribution in [1.82, 2.24) is 10.2 Å². The maximum Gasteiger partial charge on any atom is 0.329 e. The van der Waals surface area contributed by atoms with Crippen molar-refractivity contribution in [3.8, 4) is 0 Å². The SMILES string of the molecule is CC[C@]1(c2ccccc2)NC(=O)N(C[NH+](C)CC(=O)Nc2ccccc2Cl)C1=O. The van der Waals surface area contributed by atoms with Gasteiger partial charge in [-0.1, -0.05) is 61.0 Å². The Labute approximate surface area is 174 Å². The molecular formula is C21H24ClN4O3+. The van der Waals surface area contributed by atoms with Gasteiger partial charge in [0.25, 0.3) is 11.8 Å². The highest BCUT2D eigenvalue weighted by Gasteiger charge is 2.52. The number of halogens is 1. The van der Waals surface area contributed by atoms with Gasteiger partial charge in [-0.05, 0) is 24.1 Å². The van der Waals surface area contributed by atoms with Crippen molar-refractivity contribution in [2.24, 2.45) is 0 Å². The summed E-state index contributed by atoms with van der Waals surface area (Å²) in [7, 11) is 1.75. The van der Waals surface area contributed by atoms with Crippen molar-refractivity contribution in [2.45, 2.75) is 18.9 Å². The Morgan fingerprint density at radius 3 is 2.45 bits per heavy atom. The first-order valence-electron chi connectivity index (χ1n) is 9.42. The number of carbonyl (C=O) groups is 3. The summed E-state index contributed by atoms with van der Waals surface area (Å²) in [5, 5.41) is 6.04. The number of carbonyl (C=O) groups excluding carboxylic acids is 3. The number of hydrogen-bond donors (Lipinski definition) is 3. The van der Waals surface area contributed by atoms with Crippen LogP contribution in [0.15, 0.2) is 54.6 Å². The molecule has 2 atom stereocenters. The van der Waals surface area contributed by atoms with Crippen molar-refractivity contribution in [3.63, 3.8) is 0 Å². The van der Waals surface area contributed by atoms with Crippen LogP contribution >= 0.6 is 11.6 Å². The van der Waals surface area contributed by atoms with Crippen LogP contribution in [-0.2, 0) is 15.1 Å². The number of benzene rings is 2. The van der Waals surface area contributed by atoms with Crippen LogP contribution in [-0.4, -0.2) is 43.0 Å². The van der Waals surface area contributed by atoms with Gasteiger partial charge in [0.15, 0.2) is 13.2 Å². The summed E-state index contributed by atoms with van der Waals surface area (Å²) < 4.78 is 0. The monoisotopic (exact) mass is 415 g/mol. The normalized spacial score (nSPS) is 19.8. The average Bonchev–Trinajstić information content (AvgIpc) is 2.95. The quantitative estimate of drug-likeness (QED) is 0.601. The average molecular weight is 416 g/mol. The van der Waals surface area contributed by atoms with Crippen LogP contribution in [0.25, 0.3) is 0 Å². The number of urea groups is 1. The Kier molecular flexibility index (Phi) is 6.20. The van der Waals surface area contributed by atoms with Crippen LogP contribution in [0.3, 0.4) is 0 Å². The summed E-state index contributed by atoms with van der Waals surface area (Å²) in [5.74, 6) is -0.561. The molecule has 0 radical (unpaired) electrons. The van der Waals surface area contributed by atoms with Crippen LogP contribution < -0.4 is 15.5 Å². The molecule has 0 spiro atoms. The number of amides is 4. The zero-order chi connectivity index (χ0) is 21.0. The standard InChI is InChI=1S/C21H23ClN4O3/c1-3-21(15-9-5-4-6-10-15)19(28)26(20(29)24-21)14-25(2)13-18(27)23-17-12-8-7-11-16(17)22/h4-12H,3,13-14H2,1-2H3,(H,23,27)(H,24,29)/p+1/t21-/m1/s1. The van der Waals surface area contributed by atoms with Crippen molar-refractivity contribution < 1.29 is 19.3 Å². The zero-order valence-corrected chi connectivity index (χ0v) is 17.1. The van der Waals surface area contributed by atoms with E-state index in [2.05, 4.69) is 10.6 Å². The van der Waals surface area contributed by atoms with Gasteiger partial charge in [-0.2, -0.15) is 0 Å². The van der Waals surface area contributed by atoms with Crippen LogP contribution in [0.2, 0.25) is 5.02 Å². The van der Waals surface area contributed by atoms with Crippen LogP contribution in [0.4, 0.5) is 10.5 Å². The molecule has 0 bridgehead atoms. The Balaban J connectivity index is 1.66. The van der Waals surface area contributed by atoms with Crippen molar-refractivity contribution in [1.29, 1.82) is 0 Å². The summed E-state index contributed by atoms with van der Waals surface area (Å²) in [6.45, 7) is 2.02. The number of quaternary nitrogens is 1. The van der Waals surface area contributed by atoms with E-state index >= 15 is 0 Å². The Hall–Kier alpha value is -2.90. The molecule has 1 saturated heterocycles. The Morgan fingerprint density at radius 2 is 1.79 bits per heavy atom. The minimum absolute atomic E-state index is 0.0761. The van der Waals surface area contributed by atoms with Gasteiger partial charge in [0.1, 0.15) is 5.54 Å². The lowest BCUT2D eigenvalue weighted by Crippen LogP contribution is -3.11. The smallest absolute Gasteiger partial charge is 0.320 e.